The first kappa shape index (κ1) is 10.5. The summed E-state index contributed by atoms with van der Waals surface area (Å²) in [5.74, 6) is -0.895. The van der Waals surface area contributed by atoms with Crippen LogP contribution >= 0.6 is 0 Å². The van der Waals surface area contributed by atoms with Gasteiger partial charge in [-0.25, -0.2) is 4.79 Å². The second-order valence-corrected chi connectivity index (χ2v) is 3.36. The van der Waals surface area contributed by atoms with Crippen LogP contribution in [0.15, 0.2) is 30.4 Å². The van der Waals surface area contributed by atoms with E-state index in [0.717, 1.165) is 5.56 Å². The fourth-order valence-corrected chi connectivity index (χ4v) is 1.23. The molecule has 1 aromatic rings. The molecule has 0 saturated carbocycles. The van der Waals surface area contributed by atoms with E-state index in [-0.39, 0.29) is 0 Å². The van der Waals surface area contributed by atoms with E-state index in [1.54, 1.807) is 6.08 Å². The number of hydrogen-bond donors (Lipinski definition) is 1. The number of carbonyl (C=O) groups is 1. The van der Waals surface area contributed by atoms with Crippen molar-refractivity contribution in [2.24, 2.45) is 0 Å². The van der Waals surface area contributed by atoms with E-state index < -0.39 is 5.97 Å². The molecule has 1 rings (SSSR count). The maximum Gasteiger partial charge on any atom is 0.327 e. The first-order chi connectivity index (χ1) is 6.59. The number of rotatable bonds is 3. The molecule has 2 nitrogen and oxygen atoms in total. The van der Waals surface area contributed by atoms with E-state index in [2.05, 4.69) is 26.0 Å². The molecule has 0 spiro atoms. The van der Waals surface area contributed by atoms with Crippen LogP contribution in [0.5, 0.6) is 0 Å². The summed E-state index contributed by atoms with van der Waals surface area (Å²) in [6, 6.07) is 6.16. The summed E-state index contributed by atoms with van der Waals surface area (Å²) in [6.07, 6.45) is 3.51. The lowest BCUT2D eigenvalue weighted by Crippen LogP contribution is -1.89. The van der Waals surface area contributed by atoms with Gasteiger partial charge in [0, 0.05) is 6.08 Å². The zero-order valence-corrected chi connectivity index (χ0v) is 8.45. The lowest BCUT2D eigenvalue weighted by Gasteiger charge is -2.01. The largest absolute Gasteiger partial charge is 0.478 e. The van der Waals surface area contributed by atoms with Crippen LogP contribution in [0.2, 0.25) is 0 Å². The van der Waals surface area contributed by atoms with Crippen LogP contribution in [-0.4, -0.2) is 11.1 Å². The van der Waals surface area contributed by atoms with Gasteiger partial charge in [-0.3, -0.25) is 0 Å². The number of hydrogen-bond acceptors (Lipinski definition) is 1. The lowest BCUT2D eigenvalue weighted by atomic mass is 10.0. The maximum absolute atomic E-state index is 10.2. The van der Waals surface area contributed by atoms with E-state index >= 15 is 0 Å². The van der Waals surface area contributed by atoms with Crippen molar-refractivity contribution in [1.29, 1.82) is 0 Å². The molecule has 0 heterocycles. The Morgan fingerprint density at radius 3 is 2.64 bits per heavy atom. The molecule has 0 fully saturated rings. The van der Waals surface area contributed by atoms with Gasteiger partial charge in [0.15, 0.2) is 0 Å². The summed E-state index contributed by atoms with van der Waals surface area (Å²) in [4.78, 5) is 10.2. The van der Waals surface area contributed by atoms with Gasteiger partial charge in [0.1, 0.15) is 0 Å². The Hall–Kier alpha value is -1.57. The van der Waals surface area contributed by atoms with E-state index in [1.807, 2.05) is 6.07 Å². The summed E-state index contributed by atoms with van der Waals surface area (Å²) in [6.45, 7) is 4.12. The standard InChI is InChI=1S/C12H14O2/c1-9-6-7-11(8-10(9)2)4-3-5-12(13)14/h3,5-8H,4H2,1-2H3,(H,13,14)/b5-3+. The minimum absolute atomic E-state index is 0.674. The number of benzene rings is 1. The number of aryl methyl sites for hydroxylation is 2. The lowest BCUT2D eigenvalue weighted by molar-refractivity contribution is -0.131. The normalized spacial score (nSPS) is 10.7. The smallest absolute Gasteiger partial charge is 0.327 e. The molecule has 0 aliphatic rings. The highest BCUT2D eigenvalue weighted by atomic mass is 16.4. The topological polar surface area (TPSA) is 37.3 Å². The Balaban J connectivity index is 2.69. The molecule has 0 bridgehead atoms. The van der Waals surface area contributed by atoms with E-state index in [9.17, 15) is 4.79 Å². The van der Waals surface area contributed by atoms with Crippen molar-refractivity contribution in [3.05, 3.63) is 47.0 Å². The second-order valence-electron chi connectivity index (χ2n) is 3.36. The molecule has 1 aromatic carbocycles. The summed E-state index contributed by atoms with van der Waals surface area (Å²) in [7, 11) is 0. The summed E-state index contributed by atoms with van der Waals surface area (Å²) >= 11 is 0. The van der Waals surface area contributed by atoms with Gasteiger partial charge in [0.2, 0.25) is 0 Å². The SMILES string of the molecule is Cc1ccc(C/C=C/C(=O)O)cc1C. The third kappa shape index (κ3) is 3.05. The number of carboxylic acids is 1. The van der Waals surface area contributed by atoms with Gasteiger partial charge in [-0.15, -0.1) is 0 Å². The van der Waals surface area contributed by atoms with Crippen molar-refractivity contribution in [1.82, 2.24) is 0 Å². The summed E-state index contributed by atoms with van der Waals surface area (Å²) in [5, 5.41) is 8.40. The minimum Gasteiger partial charge on any atom is -0.478 e. The third-order valence-electron chi connectivity index (χ3n) is 2.19. The molecule has 0 aliphatic carbocycles. The van der Waals surface area contributed by atoms with Gasteiger partial charge >= 0.3 is 5.97 Å². The average molecular weight is 190 g/mol. The van der Waals surface area contributed by atoms with E-state index in [1.165, 1.54) is 17.2 Å². The van der Waals surface area contributed by atoms with E-state index in [0.29, 0.717) is 6.42 Å². The van der Waals surface area contributed by atoms with Crippen LogP contribution in [0.25, 0.3) is 0 Å². The van der Waals surface area contributed by atoms with Gasteiger partial charge in [-0.2, -0.15) is 0 Å². The van der Waals surface area contributed by atoms with Crippen LogP contribution in [-0.2, 0) is 11.2 Å². The minimum atomic E-state index is -0.895. The highest BCUT2D eigenvalue weighted by Gasteiger charge is 1.94. The molecule has 1 N–H and O–H groups in total. The third-order valence-corrected chi connectivity index (χ3v) is 2.19. The second kappa shape index (κ2) is 4.61. The van der Waals surface area contributed by atoms with Crippen molar-refractivity contribution in [2.45, 2.75) is 20.3 Å². The first-order valence-electron chi connectivity index (χ1n) is 4.55. The maximum atomic E-state index is 10.2. The van der Waals surface area contributed by atoms with Gasteiger partial charge in [0.05, 0.1) is 0 Å². The first-order valence-corrected chi connectivity index (χ1v) is 4.55. The van der Waals surface area contributed by atoms with Crippen molar-refractivity contribution in [2.75, 3.05) is 0 Å². The molecule has 0 unspecified atom stereocenters. The highest BCUT2D eigenvalue weighted by molar-refractivity contribution is 5.79. The van der Waals surface area contributed by atoms with Gasteiger partial charge < -0.3 is 5.11 Å². The Kier molecular flexibility index (Phi) is 3.46. The molecule has 74 valence electrons. The zero-order chi connectivity index (χ0) is 10.6. The number of carboxylic acid groups (broad SMARTS) is 1. The number of allylic oxidation sites excluding steroid dienone is 1. The molecular formula is C12H14O2. The molecule has 0 atom stereocenters. The van der Waals surface area contributed by atoms with Crippen LogP contribution in [0.4, 0.5) is 0 Å². The summed E-state index contributed by atoms with van der Waals surface area (Å²) < 4.78 is 0. The predicted octanol–water partition coefficient (Wildman–Crippen LogP) is 2.49. The monoisotopic (exact) mass is 190 g/mol. The van der Waals surface area contributed by atoms with Crippen molar-refractivity contribution in [3.8, 4) is 0 Å². The van der Waals surface area contributed by atoms with Crippen LogP contribution < -0.4 is 0 Å². The zero-order valence-electron chi connectivity index (χ0n) is 8.45. The fraction of sp³-hybridized carbons (Fsp3) is 0.250. The Morgan fingerprint density at radius 2 is 2.07 bits per heavy atom. The van der Waals surface area contributed by atoms with E-state index in [4.69, 9.17) is 5.11 Å². The molecule has 0 saturated heterocycles. The predicted molar refractivity (Wildman–Crippen MR) is 56.4 cm³/mol. The Bertz CT molecular complexity index is 365. The highest BCUT2D eigenvalue weighted by Crippen LogP contribution is 2.10. The Morgan fingerprint density at radius 1 is 1.36 bits per heavy atom. The molecule has 0 aliphatic heterocycles. The van der Waals surface area contributed by atoms with Crippen LogP contribution in [0, 0.1) is 13.8 Å². The average Bonchev–Trinajstić information content (AvgIpc) is 2.10. The Labute approximate surface area is 83.9 Å². The molecule has 0 radical (unpaired) electrons. The molecule has 2 heteroatoms. The van der Waals surface area contributed by atoms with Crippen molar-refractivity contribution >= 4 is 5.97 Å². The molecule has 0 amide bonds. The van der Waals surface area contributed by atoms with Crippen LogP contribution in [0.3, 0.4) is 0 Å². The quantitative estimate of drug-likeness (QED) is 0.743. The molecular weight excluding hydrogens is 176 g/mol. The van der Waals surface area contributed by atoms with Crippen molar-refractivity contribution < 1.29 is 9.90 Å². The van der Waals surface area contributed by atoms with Crippen molar-refractivity contribution in [3.63, 3.8) is 0 Å². The number of aliphatic carboxylic acids is 1. The molecule has 14 heavy (non-hydrogen) atoms. The molecule has 0 aromatic heterocycles. The van der Waals surface area contributed by atoms with Gasteiger partial charge in [-0.05, 0) is 37.0 Å². The van der Waals surface area contributed by atoms with Gasteiger partial charge in [-0.1, -0.05) is 24.3 Å². The van der Waals surface area contributed by atoms with Gasteiger partial charge in [0.25, 0.3) is 0 Å². The fourth-order valence-electron chi connectivity index (χ4n) is 1.23. The summed E-state index contributed by atoms with van der Waals surface area (Å²) in [5.41, 5.74) is 3.65. The van der Waals surface area contributed by atoms with Crippen LogP contribution in [0.1, 0.15) is 16.7 Å².